The molecule has 102 valence electrons. The Labute approximate surface area is 109 Å². The molecule has 0 radical (unpaired) electrons. The number of benzene rings is 1. The number of hydrogen-bond donors (Lipinski definition) is 3. The van der Waals surface area contributed by atoms with Crippen LogP contribution in [0.1, 0.15) is 22.3 Å². The van der Waals surface area contributed by atoms with Crippen LogP contribution in [0.5, 0.6) is 5.75 Å². The summed E-state index contributed by atoms with van der Waals surface area (Å²) >= 11 is 0. The molecule has 0 aliphatic heterocycles. The minimum Gasteiger partial charge on any atom is -0.496 e. The molecule has 18 heavy (non-hydrogen) atoms. The number of aliphatic hydroxyl groups is 1. The van der Waals surface area contributed by atoms with Crippen molar-refractivity contribution < 1.29 is 9.84 Å². The zero-order chi connectivity index (χ0) is 13.7. The Balaban J connectivity index is 2.78. The Bertz CT molecular complexity index is 405. The monoisotopic (exact) mass is 252 g/mol. The summed E-state index contributed by atoms with van der Waals surface area (Å²) in [6, 6.07) is 2.13. The normalized spacial score (nSPS) is 12.6. The van der Waals surface area contributed by atoms with Crippen molar-refractivity contribution in [2.45, 2.75) is 33.4 Å². The molecule has 1 rings (SSSR count). The fraction of sp³-hybridized carbons (Fsp3) is 0.571. The molecule has 0 saturated carbocycles. The molecule has 1 atom stereocenters. The van der Waals surface area contributed by atoms with Crippen LogP contribution in [0.25, 0.3) is 0 Å². The molecule has 0 heterocycles. The van der Waals surface area contributed by atoms with E-state index in [1.54, 1.807) is 7.11 Å². The maximum Gasteiger partial charge on any atom is 0.124 e. The summed E-state index contributed by atoms with van der Waals surface area (Å²) in [5.74, 6) is 0.957. The van der Waals surface area contributed by atoms with Crippen LogP contribution in [0.15, 0.2) is 6.07 Å². The maximum atomic E-state index is 9.39. The highest BCUT2D eigenvalue weighted by Crippen LogP contribution is 2.28. The third-order valence-corrected chi connectivity index (χ3v) is 3.31. The predicted octanol–water partition coefficient (Wildman–Crippen LogP) is 1.03. The lowest BCUT2D eigenvalue weighted by Crippen LogP contribution is -2.32. The minimum absolute atomic E-state index is 0.284. The second kappa shape index (κ2) is 6.73. The van der Waals surface area contributed by atoms with Gasteiger partial charge in [0.05, 0.1) is 13.2 Å². The Morgan fingerprint density at radius 1 is 1.33 bits per heavy atom. The van der Waals surface area contributed by atoms with Crippen LogP contribution in [0, 0.1) is 20.8 Å². The van der Waals surface area contributed by atoms with Crippen LogP contribution >= 0.6 is 0 Å². The van der Waals surface area contributed by atoms with Gasteiger partial charge in [-0.15, -0.1) is 0 Å². The summed E-state index contributed by atoms with van der Waals surface area (Å²) in [6.07, 6.45) is -0.481. The fourth-order valence-electron chi connectivity index (χ4n) is 2.10. The van der Waals surface area contributed by atoms with Gasteiger partial charge in [0.15, 0.2) is 0 Å². The molecular weight excluding hydrogens is 228 g/mol. The van der Waals surface area contributed by atoms with E-state index < -0.39 is 6.10 Å². The molecule has 4 nitrogen and oxygen atoms in total. The van der Waals surface area contributed by atoms with Gasteiger partial charge >= 0.3 is 0 Å². The number of aliphatic hydroxyl groups excluding tert-OH is 1. The van der Waals surface area contributed by atoms with Gasteiger partial charge in [-0.3, -0.25) is 0 Å². The standard InChI is InChI=1S/C14H24N2O2/c1-9-5-12(7-16-8-13(17)6-15)10(2)11(3)14(9)18-4/h5,13,16-17H,6-8,15H2,1-4H3. The molecule has 4 heteroatoms. The molecule has 0 aromatic heterocycles. The fourth-order valence-corrected chi connectivity index (χ4v) is 2.10. The second-order valence-corrected chi connectivity index (χ2v) is 4.66. The molecule has 0 aliphatic rings. The number of nitrogens with one attached hydrogen (secondary N) is 1. The Morgan fingerprint density at radius 3 is 2.56 bits per heavy atom. The molecule has 1 aromatic carbocycles. The summed E-state index contributed by atoms with van der Waals surface area (Å²) in [5.41, 5.74) is 10.1. The van der Waals surface area contributed by atoms with Gasteiger partial charge in [0.25, 0.3) is 0 Å². The van der Waals surface area contributed by atoms with E-state index in [-0.39, 0.29) is 6.54 Å². The Kier molecular flexibility index (Phi) is 5.59. The van der Waals surface area contributed by atoms with Crippen molar-refractivity contribution in [3.05, 3.63) is 28.3 Å². The number of rotatable bonds is 6. The molecule has 1 unspecified atom stereocenters. The van der Waals surface area contributed by atoms with Crippen LogP contribution in [-0.4, -0.2) is 31.4 Å². The van der Waals surface area contributed by atoms with E-state index >= 15 is 0 Å². The number of methoxy groups -OCH3 is 1. The average Bonchev–Trinajstić information content (AvgIpc) is 2.35. The third kappa shape index (κ3) is 3.45. The van der Waals surface area contributed by atoms with Gasteiger partial charge < -0.3 is 20.9 Å². The first-order valence-electron chi connectivity index (χ1n) is 6.23. The number of ether oxygens (including phenoxy) is 1. The molecule has 0 saturated heterocycles. The largest absolute Gasteiger partial charge is 0.496 e. The first-order valence-corrected chi connectivity index (χ1v) is 6.23. The number of hydrogen-bond acceptors (Lipinski definition) is 4. The number of aryl methyl sites for hydroxylation is 1. The molecular formula is C14H24N2O2. The quantitative estimate of drug-likeness (QED) is 0.707. The molecule has 0 aliphatic carbocycles. The van der Waals surface area contributed by atoms with Gasteiger partial charge in [0.1, 0.15) is 5.75 Å². The lowest BCUT2D eigenvalue weighted by Gasteiger charge is -2.16. The van der Waals surface area contributed by atoms with Crippen molar-refractivity contribution >= 4 is 0 Å². The van der Waals surface area contributed by atoms with E-state index in [2.05, 4.69) is 25.2 Å². The van der Waals surface area contributed by atoms with Gasteiger partial charge in [0.2, 0.25) is 0 Å². The molecule has 0 amide bonds. The second-order valence-electron chi connectivity index (χ2n) is 4.66. The van der Waals surface area contributed by atoms with Gasteiger partial charge in [-0.2, -0.15) is 0 Å². The van der Waals surface area contributed by atoms with Crippen LogP contribution in [0.2, 0.25) is 0 Å². The van der Waals surface area contributed by atoms with Crippen LogP contribution in [0.4, 0.5) is 0 Å². The van der Waals surface area contributed by atoms with Crippen molar-refractivity contribution in [3.8, 4) is 5.75 Å². The van der Waals surface area contributed by atoms with Crippen LogP contribution in [-0.2, 0) is 6.54 Å². The predicted molar refractivity (Wildman–Crippen MR) is 74.0 cm³/mol. The summed E-state index contributed by atoms with van der Waals surface area (Å²) in [5, 5.41) is 12.6. The average molecular weight is 252 g/mol. The van der Waals surface area contributed by atoms with Crippen molar-refractivity contribution in [1.82, 2.24) is 5.32 Å². The first kappa shape index (κ1) is 15.0. The highest BCUT2D eigenvalue weighted by molar-refractivity contribution is 5.48. The Hall–Kier alpha value is -1.10. The van der Waals surface area contributed by atoms with Crippen LogP contribution in [0.3, 0.4) is 0 Å². The molecule has 0 spiro atoms. The van der Waals surface area contributed by atoms with Gasteiger partial charge in [-0.1, -0.05) is 6.07 Å². The molecule has 4 N–H and O–H groups in total. The number of nitrogens with two attached hydrogens (primary N) is 1. The van der Waals surface area contributed by atoms with Crippen molar-refractivity contribution in [2.75, 3.05) is 20.2 Å². The van der Waals surface area contributed by atoms with Gasteiger partial charge in [-0.25, -0.2) is 0 Å². The molecule has 0 fully saturated rings. The lowest BCUT2D eigenvalue weighted by atomic mass is 9.98. The topological polar surface area (TPSA) is 67.5 Å². The molecule has 1 aromatic rings. The van der Waals surface area contributed by atoms with E-state index in [1.165, 1.54) is 16.7 Å². The van der Waals surface area contributed by atoms with Crippen molar-refractivity contribution in [1.29, 1.82) is 0 Å². The smallest absolute Gasteiger partial charge is 0.124 e. The third-order valence-electron chi connectivity index (χ3n) is 3.31. The molecule has 0 bridgehead atoms. The summed E-state index contributed by atoms with van der Waals surface area (Å²) in [7, 11) is 1.70. The van der Waals surface area contributed by atoms with Crippen molar-refractivity contribution in [2.24, 2.45) is 5.73 Å². The zero-order valence-corrected chi connectivity index (χ0v) is 11.7. The maximum absolute atomic E-state index is 9.39. The van der Waals surface area contributed by atoms with E-state index in [1.807, 2.05) is 6.92 Å². The summed E-state index contributed by atoms with van der Waals surface area (Å²) in [6.45, 7) is 7.73. The highest BCUT2D eigenvalue weighted by Gasteiger charge is 2.10. The Morgan fingerprint density at radius 2 is 2.00 bits per heavy atom. The first-order chi connectivity index (χ1) is 8.51. The minimum atomic E-state index is -0.481. The van der Waals surface area contributed by atoms with Crippen molar-refractivity contribution in [3.63, 3.8) is 0 Å². The zero-order valence-electron chi connectivity index (χ0n) is 11.7. The van der Waals surface area contributed by atoms with Gasteiger partial charge in [0, 0.05) is 19.6 Å². The summed E-state index contributed by atoms with van der Waals surface area (Å²) < 4.78 is 5.39. The van der Waals surface area contributed by atoms with Gasteiger partial charge in [-0.05, 0) is 43.0 Å². The van der Waals surface area contributed by atoms with E-state index in [4.69, 9.17) is 10.5 Å². The van der Waals surface area contributed by atoms with E-state index in [9.17, 15) is 5.11 Å². The SMILES string of the molecule is COc1c(C)cc(CNCC(O)CN)c(C)c1C. The lowest BCUT2D eigenvalue weighted by molar-refractivity contribution is 0.179. The summed E-state index contributed by atoms with van der Waals surface area (Å²) in [4.78, 5) is 0. The van der Waals surface area contributed by atoms with E-state index in [0.29, 0.717) is 6.54 Å². The highest BCUT2D eigenvalue weighted by atomic mass is 16.5. The van der Waals surface area contributed by atoms with Crippen LogP contribution < -0.4 is 15.8 Å². The van der Waals surface area contributed by atoms with E-state index in [0.717, 1.165) is 17.9 Å².